The highest BCUT2D eigenvalue weighted by Gasteiger charge is 2.30. The normalized spacial score (nSPS) is 12.8. The smallest absolute Gasteiger partial charge is 0.325 e. The summed E-state index contributed by atoms with van der Waals surface area (Å²) in [5.41, 5.74) is 9.33. The van der Waals surface area contributed by atoms with Gasteiger partial charge in [0.15, 0.2) is 0 Å². The number of carboxylic acids is 1. The fourth-order valence-electron chi connectivity index (χ4n) is 1.93. The van der Waals surface area contributed by atoms with Crippen molar-refractivity contribution in [2.45, 2.75) is 32.2 Å². The van der Waals surface area contributed by atoms with E-state index in [1.54, 1.807) is 17.9 Å². The van der Waals surface area contributed by atoms with E-state index in [1.807, 2.05) is 20.8 Å². The lowest BCUT2D eigenvalue weighted by molar-refractivity contribution is -0.139. The first-order chi connectivity index (χ1) is 9.27. The Morgan fingerprint density at radius 3 is 2.80 bits per heavy atom. The summed E-state index contributed by atoms with van der Waals surface area (Å²) >= 11 is 0. The lowest BCUT2D eigenvalue weighted by Crippen LogP contribution is -2.32. The van der Waals surface area contributed by atoms with E-state index in [0.29, 0.717) is 12.1 Å². The number of aromatic nitrogens is 2. The number of carbonyl (C=O) groups is 1. The van der Waals surface area contributed by atoms with Gasteiger partial charge in [0.2, 0.25) is 0 Å². The third kappa shape index (κ3) is 3.97. The molecule has 0 aliphatic carbocycles. The minimum Gasteiger partial charge on any atom is -0.480 e. The van der Waals surface area contributed by atoms with Crippen LogP contribution >= 0.6 is 0 Å². The molecule has 8 nitrogen and oxygen atoms in total. The molecule has 1 rings (SSSR count). The van der Waals surface area contributed by atoms with Crippen LogP contribution in [0.2, 0.25) is 0 Å². The molecule has 20 heavy (non-hydrogen) atoms. The first-order valence-electron chi connectivity index (χ1n) is 6.28. The van der Waals surface area contributed by atoms with Crippen LogP contribution in [0.25, 0.3) is 10.4 Å². The number of azide groups is 1. The van der Waals surface area contributed by atoms with Gasteiger partial charge in [-0.05, 0) is 5.53 Å². The molecule has 0 saturated carbocycles. The Morgan fingerprint density at radius 1 is 1.65 bits per heavy atom. The quantitative estimate of drug-likeness (QED) is 0.357. The van der Waals surface area contributed by atoms with Crippen molar-refractivity contribution in [3.8, 4) is 0 Å². The van der Waals surface area contributed by atoms with Crippen LogP contribution in [0.1, 0.15) is 38.1 Å². The monoisotopic (exact) mass is 280 g/mol. The van der Waals surface area contributed by atoms with Crippen LogP contribution in [0.3, 0.4) is 0 Å². The summed E-state index contributed by atoms with van der Waals surface area (Å²) in [5, 5.41) is 20.0. The van der Waals surface area contributed by atoms with Gasteiger partial charge in [0.1, 0.15) is 6.04 Å². The molecule has 0 fully saturated rings. The Morgan fingerprint density at radius 2 is 2.30 bits per heavy atom. The maximum absolute atomic E-state index is 11.4. The second-order valence-corrected chi connectivity index (χ2v) is 5.54. The summed E-state index contributed by atoms with van der Waals surface area (Å²) in [6.45, 7) is 6.44. The van der Waals surface area contributed by atoms with Gasteiger partial charge in [-0.2, -0.15) is 5.10 Å². The van der Waals surface area contributed by atoms with Crippen molar-refractivity contribution in [1.29, 1.82) is 0 Å². The maximum atomic E-state index is 11.4. The molecule has 0 saturated heterocycles. The SMILES string of the molecule is Cn1cc(C(NCCN=[N+]=[N-])C(=O)O)c(C(C)(C)C)n1. The maximum Gasteiger partial charge on any atom is 0.325 e. The Labute approximate surface area is 117 Å². The van der Waals surface area contributed by atoms with Gasteiger partial charge in [0.05, 0.1) is 5.69 Å². The van der Waals surface area contributed by atoms with Gasteiger partial charge in [0, 0.05) is 42.2 Å². The number of aryl methyl sites for hydroxylation is 1. The number of nitrogens with zero attached hydrogens (tertiary/aromatic N) is 5. The van der Waals surface area contributed by atoms with E-state index < -0.39 is 12.0 Å². The molecule has 0 aromatic carbocycles. The molecule has 1 aromatic rings. The lowest BCUT2D eigenvalue weighted by Gasteiger charge is -2.21. The van der Waals surface area contributed by atoms with E-state index in [1.165, 1.54) is 0 Å². The van der Waals surface area contributed by atoms with E-state index >= 15 is 0 Å². The van der Waals surface area contributed by atoms with Gasteiger partial charge in [-0.15, -0.1) is 0 Å². The second kappa shape index (κ2) is 6.40. The predicted octanol–water partition coefficient (Wildman–Crippen LogP) is 1.74. The zero-order valence-electron chi connectivity index (χ0n) is 12.2. The van der Waals surface area contributed by atoms with Crippen LogP contribution in [0.15, 0.2) is 11.3 Å². The van der Waals surface area contributed by atoms with E-state index in [9.17, 15) is 9.90 Å². The zero-order valence-corrected chi connectivity index (χ0v) is 12.2. The van der Waals surface area contributed by atoms with Crippen LogP contribution in [0, 0.1) is 0 Å². The molecule has 0 aliphatic rings. The van der Waals surface area contributed by atoms with Crippen LogP contribution < -0.4 is 5.32 Å². The topological polar surface area (TPSA) is 116 Å². The average molecular weight is 280 g/mol. The Balaban J connectivity index is 3.03. The van der Waals surface area contributed by atoms with E-state index in [-0.39, 0.29) is 12.0 Å². The molecule has 0 aliphatic heterocycles. The van der Waals surface area contributed by atoms with Gasteiger partial charge in [0.25, 0.3) is 0 Å². The van der Waals surface area contributed by atoms with E-state index in [0.717, 1.165) is 5.69 Å². The van der Waals surface area contributed by atoms with Crippen molar-refractivity contribution in [2.75, 3.05) is 13.1 Å². The van der Waals surface area contributed by atoms with Gasteiger partial charge >= 0.3 is 5.97 Å². The molecule has 1 heterocycles. The third-order valence-electron chi connectivity index (χ3n) is 2.75. The summed E-state index contributed by atoms with van der Waals surface area (Å²) in [7, 11) is 1.76. The molecule has 0 amide bonds. The van der Waals surface area contributed by atoms with Crippen molar-refractivity contribution >= 4 is 5.97 Å². The fourth-order valence-corrected chi connectivity index (χ4v) is 1.93. The number of rotatable bonds is 6. The molecular formula is C12H20N6O2. The number of hydrogen-bond donors (Lipinski definition) is 2. The van der Waals surface area contributed by atoms with Crippen molar-refractivity contribution in [2.24, 2.45) is 12.2 Å². The van der Waals surface area contributed by atoms with Crippen LogP contribution in [-0.2, 0) is 17.3 Å². The van der Waals surface area contributed by atoms with Gasteiger partial charge in [-0.1, -0.05) is 25.9 Å². The average Bonchev–Trinajstić information content (AvgIpc) is 2.70. The molecule has 0 bridgehead atoms. The van der Waals surface area contributed by atoms with Crippen molar-refractivity contribution in [3.05, 3.63) is 27.9 Å². The molecule has 0 spiro atoms. The van der Waals surface area contributed by atoms with Gasteiger partial charge in [-0.25, -0.2) is 0 Å². The van der Waals surface area contributed by atoms with Crippen molar-refractivity contribution in [3.63, 3.8) is 0 Å². The van der Waals surface area contributed by atoms with Crippen molar-refractivity contribution in [1.82, 2.24) is 15.1 Å². The van der Waals surface area contributed by atoms with Crippen LogP contribution in [0.4, 0.5) is 0 Å². The lowest BCUT2D eigenvalue weighted by atomic mass is 9.87. The van der Waals surface area contributed by atoms with Gasteiger partial charge < -0.3 is 10.4 Å². The number of hydrogen-bond acceptors (Lipinski definition) is 4. The highest BCUT2D eigenvalue weighted by Crippen LogP contribution is 2.28. The first kappa shape index (κ1) is 16.0. The second-order valence-electron chi connectivity index (χ2n) is 5.54. The molecule has 8 heteroatoms. The molecular weight excluding hydrogens is 260 g/mol. The standard InChI is InChI=1S/C12H20N6O2/c1-12(2,3)10-8(7-18(4)16-10)9(11(19)20)14-5-6-15-17-13/h7,9,14H,5-6H2,1-4H3,(H,19,20). The first-order valence-corrected chi connectivity index (χ1v) is 6.28. The van der Waals surface area contributed by atoms with Crippen LogP contribution in [-0.4, -0.2) is 33.9 Å². The molecule has 0 radical (unpaired) electrons. The zero-order chi connectivity index (χ0) is 15.3. The third-order valence-corrected chi connectivity index (χ3v) is 2.75. The Kier molecular flexibility index (Phi) is 5.12. The van der Waals surface area contributed by atoms with Crippen LogP contribution in [0.5, 0.6) is 0 Å². The number of carboxylic acid groups (broad SMARTS) is 1. The molecule has 1 unspecified atom stereocenters. The fraction of sp³-hybridized carbons (Fsp3) is 0.667. The summed E-state index contributed by atoms with van der Waals surface area (Å²) in [4.78, 5) is 14.1. The highest BCUT2D eigenvalue weighted by atomic mass is 16.4. The number of aliphatic carboxylic acids is 1. The molecule has 1 aromatic heterocycles. The molecule has 110 valence electrons. The number of nitrogens with one attached hydrogen (secondary N) is 1. The minimum atomic E-state index is -0.982. The molecule has 1 atom stereocenters. The van der Waals surface area contributed by atoms with E-state index in [2.05, 4.69) is 20.4 Å². The summed E-state index contributed by atoms with van der Waals surface area (Å²) < 4.78 is 1.61. The van der Waals surface area contributed by atoms with E-state index in [4.69, 9.17) is 5.53 Å². The van der Waals surface area contributed by atoms with Gasteiger partial charge in [-0.3, -0.25) is 9.48 Å². The Bertz CT molecular complexity index is 525. The van der Waals surface area contributed by atoms with Crippen molar-refractivity contribution < 1.29 is 9.90 Å². The summed E-state index contributed by atoms with van der Waals surface area (Å²) in [6, 6.07) is -0.869. The minimum absolute atomic E-state index is 0.200. The largest absolute Gasteiger partial charge is 0.480 e. The molecule has 2 N–H and O–H groups in total. The highest BCUT2D eigenvalue weighted by molar-refractivity contribution is 5.76. The summed E-state index contributed by atoms with van der Waals surface area (Å²) in [6.07, 6.45) is 1.71. The summed E-state index contributed by atoms with van der Waals surface area (Å²) in [5.74, 6) is -0.982. The predicted molar refractivity (Wildman–Crippen MR) is 74.3 cm³/mol. The Hall–Kier alpha value is -2.05.